The van der Waals surface area contributed by atoms with E-state index in [-0.39, 0.29) is 30.1 Å². The highest BCUT2D eigenvalue weighted by atomic mass is 16.7. The molecule has 1 heterocycles. The Balaban J connectivity index is 1.69. The van der Waals surface area contributed by atoms with Crippen LogP contribution in [0.4, 0.5) is 5.69 Å². The van der Waals surface area contributed by atoms with E-state index < -0.39 is 0 Å². The maximum atomic E-state index is 12.1. The molecule has 29 heavy (non-hydrogen) atoms. The second kappa shape index (κ2) is 11.2. The molecule has 0 aliphatic carbocycles. The lowest BCUT2D eigenvalue weighted by molar-refractivity contribution is -0.123. The Hall–Kier alpha value is -2.12. The lowest BCUT2D eigenvalue weighted by Gasteiger charge is -2.25. The second-order valence-electron chi connectivity index (χ2n) is 8.17. The van der Waals surface area contributed by atoms with E-state index in [1.165, 1.54) is 0 Å². The summed E-state index contributed by atoms with van der Waals surface area (Å²) in [5.74, 6) is 0.615. The molecule has 0 spiro atoms. The number of hydrogen-bond acceptors (Lipinski definition) is 5. The van der Waals surface area contributed by atoms with Crippen LogP contribution in [0.25, 0.3) is 0 Å². The van der Waals surface area contributed by atoms with Gasteiger partial charge in [-0.3, -0.25) is 9.59 Å². The minimum absolute atomic E-state index is 0.0222. The van der Waals surface area contributed by atoms with Gasteiger partial charge in [0.15, 0.2) is 12.9 Å². The van der Waals surface area contributed by atoms with Crippen molar-refractivity contribution < 1.29 is 23.8 Å². The maximum Gasteiger partial charge on any atom is 0.257 e. The third kappa shape index (κ3) is 7.66. The van der Waals surface area contributed by atoms with Crippen molar-refractivity contribution >= 4 is 17.5 Å². The molecule has 1 N–H and O–H groups in total. The van der Waals surface area contributed by atoms with Gasteiger partial charge in [-0.2, -0.15) is 0 Å². The number of ether oxygens (including phenoxy) is 3. The Morgan fingerprint density at radius 1 is 1.21 bits per heavy atom. The Labute approximate surface area is 173 Å². The maximum absolute atomic E-state index is 12.1. The average Bonchev–Trinajstić information content (AvgIpc) is 3.14. The first-order chi connectivity index (χ1) is 13.8. The first-order valence-corrected chi connectivity index (χ1v) is 10.2. The summed E-state index contributed by atoms with van der Waals surface area (Å²) >= 11 is 0. The molecule has 7 heteroatoms. The van der Waals surface area contributed by atoms with Crippen LogP contribution in [0.5, 0.6) is 5.75 Å². The van der Waals surface area contributed by atoms with Gasteiger partial charge in [0.1, 0.15) is 5.75 Å². The zero-order valence-electron chi connectivity index (χ0n) is 18.0. The molecule has 2 amide bonds. The highest BCUT2D eigenvalue weighted by molar-refractivity contribution is 5.95. The van der Waals surface area contributed by atoms with Crippen LogP contribution in [0.2, 0.25) is 0 Å². The first kappa shape index (κ1) is 23.2. The van der Waals surface area contributed by atoms with Crippen LogP contribution >= 0.6 is 0 Å². The van der Waals surface area contributed by atoms with E-state index in [4.69, 9.17) is 14.2 Å². The van der Waals surface area contributed by atoms with Gasteiger partial charge in [-0.15, -0.1) is 0 Å². The predicted octanol–water partition coefficient (Wildman–Crippen LogP) is 3.12. The quantitative estimate of drug-likeness (QED) is 0.540. The monoisotopic (exact) mass is 406 g/mol. The van der Waals surface area contributed by atoms with E-state index in [1.807, 2.05) is 12.1 Å². The molecule has 1 fully saturated rings. The Morgan fingerprint density at radius 2 is 1.90 bits per heavy atom. The minimum atomic E-state index is -0.177. The van der Waals surface area contributed by atoms with E-state index in [9.17, 15) is 9.59 Å². The predicted molar refractivity (Wildman–Crippen MR) is 112 cm³/mol. The Bertz CT molecular complexity index is 656. The molecule has 0 radical (unpaired) electrons. The standard InChI is InChI=1S/C22H34N2O5/c1-22(2,13-5-8-21(27-3)28-4)16-23-19(25)15-29-18-11-9-17(10-12-18)24-14-6-7-20(24)26/h9-12,21H,5-8,13-16H2,1-4H3,(H,23,25). The number of methoxy groups -OCH3 is 2. The number of benzene rings is 1. The fraction of sp³-hybridized carbons (Fsp3) is 0.636. The summed E-state index contributed by atoms with van der Waals surface area (Å²) < 4.78 is 16.0. The summed E-state index contributed by atoms with van der Waals surface area (Å²) in [4.78, 5) is 25.7. The fourth-order valence-corrected chi connectivity index (χ4v) is 3.35. The van der Waals surface area contributed by atoms with Gasteiger partial charge in [0.05, 0.1) is 0 Å². The number of carbonyl (C=O) groups is 2. The van der Waals surface area contributed by atoms with E-state index >= 15 is 0 Å². The zero-order chi connectivity index (χ0) is 21.3. The lowest BCUT2D eigenvalue weighted by Crippen LogP contribution is -2.36. The summed E-state index contributed by atoms with van der Waals surface area (Å²) in [5, 5.41) is 2.94. The van der Waals surface area contributed by atoms with E-state index in [0.29, 0.717) is 18.7 Å². The van der Waals surface area contributed by atoms with Gasteiger partial charge in [-0.1, -0.05) is 13.8 Å². The van der Waals surface area contributed by atoms with Gasteiger partial charge >= 0.3 is 0 Å². The molecule has 1 aromatic rings. The molecule has 162 valence electrons. The van der Waals surface area contributed by atoms with Crippen LogP contribution in [0.3, 0.4) is 0 Å². The average molecular weight is 407 g/mol. The summed E-state index contributed by atoms with van der Waals surface area (Å²) in [7, 11) is 3.28. The SMILES string of the molecule is COC(CCCC(C)(C)CNC(=O)COc1ccc(N2CCCC2=O)cc1)OC. The summed E-state index contributed by atoms with van der Waals surface area (Å²) in [6.07, 6.45) is 4.06. The van der Waals surface area contributed by atoms with Crippen molar-refractivity contribution in [3.05, 3.63) is 24.3 Å². The number of anilines is 1. The highest BCUT2D eigenvalue weighted by Crippen LogP contribution is 2.24. The molecular weight excluding hydrogens is 372 g/mol. The van der Waals surface area contributed by atoms with Crippen molar-refractivity contribution in [2.45, 2.75) is 52.2 Å². The van der Waals surface area contributed by atoms with Crippen molar-refractivity contribution in [1.82, 2.24) is 5.32 Å². The van der Waals surface area contributed by atoms with Crippen molar-refractivity contribution in [3.8, 4) is 5.75 Å². The number of nitrogens with zero attached hydrogens (tertiary/aromatic N) is 1. The second-order valence-corrected chi connectivity index (χ2v) is 8.17. The minimum Gasteiger partial charge on any atom is -0.484 e. The number of amides is 2. The van der Waals surface area contributed by atoms with Crippen molar-refractivity contribution in [1.29, 1.82) is 0 Å². The van der Waals surface area contributed by atoms with Gasteiger partial charge in [0.2, 0.25) is 5.91 Å². The van der Waals surface area contributed by atoms with E-state index in [0.717, 1.165) is 37.9 Å². The molecule has 1 aliphatic heterocycles. The molecule has 0 bridgehead atoms. The largest absolute Gasteiger partial charge is 0.484 e. The van der Waals surface area contributed by atoms with Crippen LogP contribution in [-0.4, -0.2) is 52.0 Å². The topological polar surface area (TPSA) is 77.1 Å². The fourth-order valence-electron chi connectivity index (χ4n) is 3.35. The first-order valence-electron chi connectivity index (χ1n) is 10.2. The van der Waals surface area contributed by atoms with Gasteiger partial charge in [0.25, 0.3) is 5.91 Å². The van der Waals surface area contributed by atoms with Crippen molar-refractivity contribution in [3.63, 3.8) is 0 Å². The normalized spacial score (nSPS) is 14.5. The van der Waals surface area contributed by atoms with Crippen LogP contribution in [0.1, 0.15) is 46.0 Å². The molecule has 1 saturated heterocycles. The number of carbonyl (C=O) groups excluding carboxylic acids is 2. The van der Waals surface area contributed by atoms with Crippen molar-refractivity contribution in [2.75, 3.05) is 38.8 Å². The van der Waals surface area contributed by atoms with E-state index in [2.05, 4.69) is 19.2 Å². The van der Waals surface area contributed by atoms with E-state index in [1.54, 1.807) is 31.3 Å². The third-order valence-corrected chi connectivity index (χ3v) is 5.18. The molecule has 0 aromatic heterocycles. The van der Waals surface area contributed by atoms with Crippen molar-refractivity contribution in [2.24, 2.45) is 5.41 Å². The summed E-state index contributed by atoms with van der Waals surface area (Å²) in [6.45, 7) is 5.56. The number of nitrogens with one attached hydrogen (secondary N) is 1. The van der Waals surface area contributed by atoms with Crippen LogP contribution in [-0.2, 0) is 19.1 Å². The number of rotatable bonds is 12. The van der Waals surface area contributed by atoms with Crippen LogP contribution in [0, 0.1) is 5.41 Å². The molecule has 0 atom stereocenters. The zero-order valence-corrected chi connectivity index (χ0v) is 18.0. The third-order valence-electron chi connectivity index (χ3n) is 5.18. The van der Waals surface area contributed by atoms with Crippen LogP contribution < -0.4 is 15.0 Å². The Morgan fingerprint density at radius 3 is 2.48 bits per heavy atom. The number of hydrogen-bond donors (Lipinski definition) is 1. The highest BCUT2D eigenvalue weighted by Gasteiger charge is 2.22. The molecule has 1 aliphatic rings. The van der Waals surface area contributed by atoms with Gasteiger partial charge in [0, 0.05) is 39.4 Å². The molecule has 7 nitrogen and oxygen atoms in total. The van der Waals surface area contributed by atoms with Gasteiger partial charge in [-0.25, -0.2) is 0 Å². The molecule has 2 rings (SSSR count). The summed E-state index contributed by atoms with van der Waals surface area (Å²) in [6, 6.07) is 7.29. The Kier molecular flexibility index (Phi) is 8.92. The summed E-state index contributed by atoms with van der Waals surface area (Å²) in [5.41, 5.74) is 0.848. The molecule has 0 unspecified atom stereocenters. The van der Waals surface area contributed by atoms with Gasteiger partial charge in [-0.05, 0) is 55.4 Å². The lowest BCUT2D eigenvalue weighted by atomic mass is 9.87. The smallest absolute Gasteiger partial charge is 0.257 e. The molecule has 1 aromatic carbocycles. The molecular formula is C22H34N2O5. The van der Waals surface area contributed by atoms with Gasteiger partial charge < -0.3 is 24.4 Å². The molecule has 0 saturated carbocycles. The van der Waals surface area contributed by atoms with Crippen LogP contribution in [0.15, 0.2) is 24.3 Å².